The number of hydrogen-bond donors (Lipinski definition) is 5. The van der Waals surface area contributed by atoms with Crippen molar-refractivity contribution in [1.82, 2.24) is 15.3 Å². The fraction of sp³-hybridized carbons (Fsp3) is 0.233. The number of aromatic nitrogens is 1. The summed E-state index contributed by atoms with van der Waals surface area (Å²) in [5.74, 6) is -7.24. The van der Waals surface area contributed by atoms with Crippen LogP contribution < -0.4 is 11.0 Å². The number of likely N-dealkylation sites (N-methyl/N-ethyl adjacent to an activating group) is 1. The minimum atomic E-state index is -2.14. The van der Waals surface area contributed by atoms with Crippen LogP contribution in [-0.4, -0.2) is 88.2 Å². The quantitative estimate of drug-likeness (QED) is 0.120. The molecule has 44 heavy (non-hydrogen) atoms. The Morgan fingerprint density at radius 1 is 1.02 bits per heavy atom. The molecule has 1 amide bonds. The number of aromatic hydroxyl groups is 3. The van der Waals surface area contributed by atoms with Gasteiger partial charge in [-0.1, -0.05) is 6.07 Å². The number of ketones is 4. The second-order valence-electron chi connectivity index (χ2n) is 11.0. The molecule has 224 valence electrons. The van der Waals surface area contributed by atoms with E-state index in [4.69, 9.17) is 4.74 Å². The zero-order valence-electron chi connectivity index (χ0n) is 23.5. The third-order valence-electron chi connectivity index (χ3n) is 8.11. The van der Waals surface area contributed by atoms with Gasteiger partial charge in [-0.05, 0) is 44.0 Å². The number of phenols is 3. The summed E-state index contributed by atoms with van der Waals surface area (Å²) in [5, 5.41) is 37.5. The van der Waals surface area contributed by atoms with Crippen molar-refractivity contribution in [2.75, 3.05) is 27.7 Å². The van der Waals surface area contributed by atoms with Crippen molar-refractivity contribution in [2.45, 2.75) is 18.3 Å². The third-order valence-corrected chi connectivity index (χ3v) is 8.11. The molecule has 1 atom stereocenters. The van der Waals surface area contributed by atoms with Gasteiger partial charge in [-0.2, -0.15) is 5.10 Å². The monoisotopic (exact) mass is 600 g/mol. The highest BCUT2D eigenvalue weighted by molar-refractivity contribution is 6.38. The van der Waals surface area contributed by atoms with Gasteiger partial charge in [-0.15, -0.1) is 0 Å². The first kappa shape index (κ1) is 28.5. The van der Waals surface area contributed by atoms with Gasteiger partial charge in [-0.3, -0.25) is 28.8 Å². The predicted octanol–water partition coefficient (Wildman–Crippen LogP) is 0.829. The van der Waals surface area contributed by atoms with Crippen LogP contribution in [0.4, 0.5) is 0 Å². The number of hydrazone groups is 1. The molecule has 6 rings (SSSR count). The van der Waals surface area contributed by atoms with Crippen LogP contribution in [0.3, 0.4) is 0 Å². The van der Waals surface area contributed by atoms with Crippen molar-refractivity contribution >= 4 is 46.0 Å². The van der Waals surface area contributed by atoms with E-state index in [1.54, 1.807) is 19.0 Å². The molecule has 0 fully saturated rings. The third kappa shape index (κ3) is 3.74. The van der Waals surface area contributed by atoms with Crippen LogP contribution in [0.5, 0.6) is 17.2 Å². The molecular formula is C30H24N4O10. The Kier molecular flexibility index (Phi) is 6.28. The number of nitrogens with zero attached hydrogens (tertiary/aromatic N) is 2. The van der Waals surface area contributed by atoms with Gasteiger partial charge in [0.1, 0.15) is 22.7 Å². The number of aromatic amines is 1. The molecule has 0 saturated carbocycles. The standard InChI is InChI=1S/C30H24N4O10/c1-34(2)10-16(36)33-31-9-13-7-12-6-11-4-5-30(22(11)26(40)17(12)29(43)32-13)27(41)20-21(28(30)42)25(39)19-18(24(20)38)14(35)8-15(44-3)23(19)37/h6-9,38-40H,4-5,10H2,1-3H3,(H,32,43)(H,33,36). The highest BCUT2D eigenvalue weighted by Crippen LogP contribution is 2.57. The zero-order chi connectivity index (χ0) is 31.8. The fourth-order valence-corrected chi connectivity index (χ4v) is 6.32. The van der Waals surface area contributed by atoms with Crippen molar-refractivity contribution < 1.29 is 44.0 Å². The van der Waals surface area contributed by atoms with Crippen LogP contribution in [0.1, 0.15) is 64.7 Å². The summed E-state index contributed by atoms with van der Waals surface area (Å²) in [4.78, 5) is 83.0. The lowest BCUT2D eigenvalue weighted by molar-refractivity contribution is -0.121. The van der Waals surface area contributed by atoms with E-state index in [1.807, 2.05) is 0 Å². The lowest BCUT2D eigenvalue weighted by Gasteiger charge is -2.22. The van der Waals surface area contributed by atoms with Gasteiger partial charge in [0.05, 0.1) is 53.2 Å². The molecule has 14 heteroatoms. The fourth-order valence-electron chi connectivity index (χ4n) is 6.32. The number of Topliss-reactive ketones (excluding diaryl/α,β-unsaturated/α-hetero) is 3. The van der Waals surface area contributed by atoms with Crippen LogP contribution >= 0.6 is 0 Å². The lowest BCUT2D eigenvalue weighted by atomic mass is 9.76. The number of methoxy groups -OCH3 is 1. The molecular weight excluding hydrogens is 576 g/mol. The number of pyridine rings is 1. The molecule has 0 saturated heterocycles. The molecule has 0 aliphatic heterocycles. The maximum absolute atomic E-state index is 14.1. The molecule has 14 nitrogen and oxygen atoms in total. The number of nitrogens with one attached hydrogen (secondary N) is 2. The largest absolute Gasteiger partial charge is 0.507 e. The van der Waals surface area contributed by atoms with Gasteiger partial charge >= 0.3 is 0 Å². The number of benzene rings is 2. The Bertz CT molecular complexity index is 2040. The number of amides is 1. The maximum Gasteiger partial charge on any atom is 0.260 e. The number of phenolic OH excluding ortho intramolecular Hbond substituents is 3. The van der Waals surface area contributed by atoms with Gasteiger partial charge in [-0.25, -0.2) is 5.43 Å². The molecule has 3 aliphatic rings. The molecule has 3 aliphatic carbocycles. The minimum absolute atomic E-state index is 0.0878. The van der Waals surface area contributed by atoms with E-state index in [9.17, 15) is 44.1 Å². The van der Waals surface area contributed by atoms with Crippen molar-refractivity contribution in [1.29, 1.82) is 0 Å². The SMILES string of the molecule is COC1=CC(=O)c2c(O)c3c(c(O)c2C1=O)C(=O)C1(CCc2cc4cc(C=NNC(=O)CN(C)C)[nH]c(=O)c4c(O)c21)C3=O. The van der Waals surface area contributed by atoms with E-state index in [0.29, 0.717) is 5.56 Å². The summed E-state index contributed by atoms with van der Waals surface area (Å²) >= 11 is 0. The molecule has 5 N–H and O–H groups in total. The normalized spacial score (nSPS) is 18.8. The number of fused-ring (bicyclic) bond motifs is 5. The average molecular weight is 601 g/mol. The maximum atomic E-state index is 14.1. The first-order valence-corrected chi connectivity index (χ1v) is 13.3. The molecule has 1 heterocycles. The van der Waals surface area contributed by atoms with Gasteiger partial charge < -0.3 is 29.9 Å². The van der Waals surface area contributed by atoms with E-state index < -0.39 is 79.4 Å². The molecule has 0 radical (unpaired) electrons. The number of allylic oxidation sites excluding steroid dienone is 2. The highest BCUT2D eigenvalue weighted by Gasteiger charge is 2.61. The number of carbonyl (C=O) groups is 5. The van der Waals surface area contributed by atoms with Crippen molar-refractivity contribution in [3.05, 3.63) is 73.4 Å². The first-order valence-electron chi connectivity index (χ1n) is 13.3. The van der Waals surface area contributed by atoms with Gasteiger partial charge in [0.2, 0.25) is 5.78 Å². The van der Waals surface area contributed by atoms with Crippen molar-refractivity contribution in [3.63, 3.8) is 0 Å². The summed E-state index contributed by atoms with van der Waals surface area (Å²) in [5.41, 5.74) is -2.83. The van der Waals surface area contributed by atoms with E-state index >= 15 is 0 Å². The van der Waals surface area contributed by atoms with Gasteiger partial charge in [0.15, 0.2) is 23.1 Å². The van der Waals surface area contributed by atoms with E-state index in [1.165, 1.54) is 18.3 Å². The van der Waals surface area contributed by atoms with Crippen LogP contribution in [-0.2, 0) is 21.4 Å². The summed E-state index contributed by atoms with van der Waals surface area (Å²) < 4.78 is 4.91. The molecule has 1 unspecified atom stereocenters. The number of aryl methyl sites for hydroxylation is 1. The van der Waals surface area contributed by atoms with Gasteiger partial charge in [0, 0.05) is 11.6 Å². The lowest BCUT2D eigenvalue weighted by Crippen LogP contribution is -2.36. The molecule has 3 aromatic rings. The van der Waals surface area contributed by atoms with E-state index in [2.05, 4.69) is 15.5 Å². The summed E-state index contributed by atoms with van der Waals surface area (Å²) in [6.45, 7) is 0.0878. The van der Waals surface area contributed by atoms with Crippen LogP contribution in [0, 0.1) is 0 Å². The molecule has 0 bridgehead atoms. The summed E-state index contributed by atoms with van der Waals surface area (Å²) in [6, 6.07) is 3.02. The van der Waals surface area contributed by atoms with E-state index in [0.717, 1.165) is 13.2 Å². The smallest absolute Gasteiger partial charge is 0.260 e. The van der Waals surface area contributed by atoms with E-state index in [-0.39, 0.29) is 47.3 Å². The predicted molar refractivity (Wildman–Crippen MR) is 153 cm³/mol. The Morgan fingerprint density at radius 3 is 2.32 bits per heavy atom. The molecule has 1 spiro atoms. The minimum Gasteiger partial charge on any atom is -0.507 e. The number of carbonyl (C=O) groups excluding carboxylic acids is 5. The van der Waals surface area contributed by atoms with Gasteiger partial charge in [0.25, 0.3) is 11.5 Å². The van der Waals surface area contributed by atoms with Crippen LogP contribution in [0.2, 0.25) is 0 Å². The Labute approximate surface area is 247 Å². The number of rotatable bonds is 5. The molecule has 1 aromatic heterocycles. The van der Waals surface area contributed by atoms with Crippen molar-refractivity contribution in [2.24, 2.45) is 5.10 Å². The number of hydrogen-bond acceptors (Lipinski definition) is 12. The average Bonchev–Trinajstić information content (AvgIpc) is 3.44. The Balaban J connectivity index is 1.48. The summed E-state index contributed by atoms with van der Waals surface area (Å²) in [6.07, 6.45) is 1.92. The Morgan fingerprint density at radius 2 is 1.68 bits per heavy atom. The second kappa shape index (κ2) is 9.70. The van der Waals surface area contributed by atoms with Crippen LogP contribution in [0.25, 0.3) is 10.8 Å². The second-order valence-corrected chi connectivity index (χ2v) is 11.0. The topological polar surface area (TPSA) is 216 Å². The van der Waals surface area contributed by atoms with Crippen molar-refractivity contribution in [3.8, 4) is 17.2 Å². The number of H-pyrrole nitrogens is 1. The Hall–Kier alpha value is -5.63. The summed E-state index contributed by atoms with van der Waals surface area (Å²) in [7, 11) is 4.54. The zero-order valence-corrected chi connectivity index (χ0v) is 23.5. The highest BCUT2D eigenvalue weighted by atomic mass is 16.5. The molecule has 2 aromatic carbocycles. The number of ether oxygens (including phenoxy) is 1. The van der Waals surface area contributed by atoms with Crippen LogP contribution in [0.15, 0.2) is 33.9 Å². The first-order chi connectivity index (χ1) is 20.8.